The van der Waals surface area contributed by atoms with Gasteiger partial charge in [0.2, 0.25) is 0 Å². The zero-order chi connectivity index (χ0) is 15.1. The minimum Gasteiger partial charge on any atom is -0.374 e. The molecular weight excluding hydrogens is 300 g/mol. The zero-order valence-electron chi connectivity index (χ0n) is 12.7. The van der Waals surface area contributed by atoms with Crippen molar-refractivity contribution in [2.75, 3.05) is 25.0 Å². The van der Waals surface area contributed by atoms with Crippen molar-refractivity contribution in [3.05, 3.63) is 51.2 Å². The summed E-state index contributed by atoms with van der Waals surface area (Å²) in [4.78, 5) is 3.68. The first-order valence-corrected chi connectivity index (χ1v) is 8.69. The maximum atomic E-state index is 6.39. The lowest BCUT2D eigenvalue weighted by Crippen LogP contribution is -2.20. The number of nitrogens with zero attached hydrogens (tertiary/aromatic N) is 1. The molecule has 0 unspecified atom stereocenters. The van der Waals surface area contributed by atoms with E-state index in [1.54, 1.807) is 0 Å². The topological polar surface area (TPSA) is 15.3 Å². The van der Waals surface area contributed by atoms with Crippen molar-refractivity contribution >= 4 is 28.6 Å². The highest BCUT2D eigenvalue weighted by Crippen LogP contribution is 2.23. The fourth-order valence-electron chi connectivity index (χ4n) is 2.18. The molecule has 0 saturated carbocycles. The number of anilines is 1. The number of hydrogen-bond acceptors (Lipinski definition) is 3. The zero-order valence-corrected chi connectivity index (χ0v) is 14.3. The molecule has 114 valence electrons. The molecule has 1 aromatic carbocycles. The Morgan fingerprint density at radius 2 is 2.14 bits per heavy atom. The van der Waals surface area contributed by atoms with Crippen molar-refractivity contribution in [1.82, 2.24) is 5.32 Å². The first-order chi connectivity index (χ1) is 10.2. The second-order valence-corrected chi connectivity index (χ2v) is 6.64. The summed E-state index contributed by atoms with van der Waals surface area (Å²) < 4.78 is 0. The van der Waals surface area contributed by atoms with Gasteiger partial charge < -0.3 is 10.2 Å². The predicted molar refractivity (Wildman–Crippen MR) is 94.7 cm³/mol. The quantitative estimate of drug-likeness (QED) is 0.716. The monoisotopic (exact) mass is 322 g/mol. The van der Waals surface area contributed by atoms with Gasteiger partial charge in [-0.3, -0.25) is 0 Å². The highest BCUT2D eigenvalue weighted by Gasteiger charge is 2.06. The summed E-state index contributed by atoms with van der Waals surface area (Å²) in [7, 11) is 2.12. The molecular formula is C17H23ClN2S. The van der Waals surface area contributed by atoms with Crippen LogP contribution in [0.5, 0.6) is 0 Å². The molecule has 4 heteroatoms. The molecule has 0 aliphatic rings. The van der Waals surface area contributed by atoms with E-state index in [0.29, 0.717) is 0 Å². The van der Waals surface area contributed by atoms with Crippen molar-refractivity contribution in [2.45, 2.75) is 26.3 Å². The molecule has 0 saturated heterocycles. The number of likely N-dealkylation sites (N-methyl/N-ethyl adjacent to an activating group) is 1. The van der Waals surface area contributed by atoms with Gasteiger partial charge in [0.05, 0.1) is 0 Å². The first-order valence-electron chi connectivity index (χ1n) is 7.43. The van der Waals surface area contributed by atoms with E-state index in [0.717, 1.165) is 37.5 Å². The number of hydrogen-bond donors (Lipinski definition) is 1. The second kappa shape index (κ2) is 8.42. The van der Waals surface area contributed by atoms with Crippen molar-refractivity contribution in [2.24, 2.45) is 0 Å². The van der Waals surface area contributed by atoms with Gasteiger partial charge in [-0.25, -0.2) is 0 Å². The molecule has 2 rings (SSSR count). The van der Waals surface area contributed by atoms with E-state index in [-0.39, 0.29) is 0 Å². The Labute approximate surface area is 136 Å². The third kappa shape index (κ3) is 5.03. The van der Waals surface area contributed by atoms with Crippen LogP contribution in [0.2, 0.25) is 5.02 Å². The minimum absolute atomic E-state index is 0.839. The number of rotatable bonds is 8. The molecule has 21 heavy (non-hydrogen) atoms. The van der Waals surface area contributed by atoms with Crippen LogP contribution >= 0.6 is 22.9 Å². The molecule has 1 aromatic heterocycles. The van der Waals surface area contributed by atoms with E-state index < -0.39 is 0 Å². The molecule has 0 radical (unpaired) electrons. The first kappa shape index (κ1) is 16.3. The molecule has 0 amide bonds. The second-order valence-electron chi connectivity index (χ2n) is 5.20. The van der Waals surface area contributed by atoms with Crippen LogP contribution < -0.4 is 10.2 Å². The molecule has 0 fully saturated rings. The molecule has 2 nitrogen and oxygen atoms in total. The highest BCUT2D eigenvalue weighted by molar-refractivity contribution is 7.09. The lowest BCUT2D eigenvalue weighted by molar-refractivity contribution is 0.675. The smallest absolute Gasteiger partial charge is 0.0471 e. The summed E-state index contributed by atoms with van der Waals surface area (Å²) >= 11 is 8.20. The third-order valence-electron chi connectivity index (χ3n) is 3.49. The summed E-state index contributed by atoms with van der Waals surface area (Å²) in [5.74, 6) is 0. The van der Waals surface area contributed by atoms with Crippen molar-refractivity contribution < 1.29 is 0 Å². The highest BCUT2D eigenvalue weighted by atomic mass is 35.5. The van der Waals surface area contributed by atoms with E-state index in [4.69, 9.17) is 11.6 Å². The minimum atomic E-state index is 0.839. The maximum absolute atomic E-state index is 6.39. The molecule has 0 aliphatic carbocycles. The van der Waals surface area contributed by atoms with E-state index in [1.165, 1.54) is 16.1 Å². The number of halogens is 1. The number of thiophene rings is 1. The van der Waals surface area contributed by atoms with E-state index in [2.05, 4.69) is 59.9 Å². The maximum Gasteiger partial charge on any atom is 0.0471 e. The van der Waals surface area contributed by atoms with Gasteiger partial charge in [-0.2, -0.15) is 0 Å². The van der Waals surface area contributed by atoms with Gasteiger partial charge in [-0.05, 0) is 48.5 Å². The van der Waals surface area contributed by atoms with Crippen LogP contribution in [-0.2, 0) is 13.0 Å². The lowest BCUT2D eigenvalue weighted by atomic mass is 10.2. The largest absolute Gasteiger partial charge is 0.374 e. The van der Waals surface area contributed by atoms with Gasteiger partial charge in [-0.15, -0.1) is 11.3 Å². The van der Waals surface area contributed by atoms with Gasteiger partial charge in [0.25, 0.3) is 0 Å². The fourth-order valence-corrected chi connectivity index (χ4v) is 3.12. The van der Waals surface area contributed by atoms with Gasteiger partial charge in [0.15, 0.2) is 0 Å². The van der Waals surface area contributed by atoms with Crippen LogP contribution in [0, 0.1) is 0 Å². The molecule has 0 bridgehead atoms. The average Bonchev–Trinajstić information content (AvgIpc) is 3.00. The molecule has 0 atom stereocenters. The van der Waals surface area contributed by atoms with Crippen LogP contribution in [0.1, 0.15) is 23.8 Å². The van der Waals surface area contributed by atoms with Crippen molar-refractivity contribution in [3.63, 3.8) is 0 Å². The summed E-state index contributed by atoms with van der Waals surface area (Å²) in [5, 5.41) is 6.36. The van der Waals surface area contributed by atoms with E-state index >= 15 is 0 Å². The molecule has 0 spiro atoms. The standard InChI is InChI=1S/C17H23ClN2S/c1-3-9-19-13-14-6-7-15(12-17(14)18)20(2)10-8-16-5-4-11-21-16/h4-7,11-12,19H,3,8-10,13H2,1-2H3. The van der Waals surface area contributed by atoms with Gasteiger partial charge in [0.1, 0.15) is 0 Å². The normalized spacial score (nSPS) is 10.8. The third-order valence-corrected chi connectivity index (χ3v) is 4.78. The summed E-state index contributed by atoms with van der Waals surface area (Å²) in [6.07, 6.45) is 2.22. The summed E-state index contributed by atoms with van der Waals surface area (Å²) in [6, 6.07) is 10.6. The molecule has 1 N–H and O–H groups in total. The Kier molecular flexibility index (Phi) is 6.55. The predicted octanol–water partition coefficient (Wildman–Crippen LogP) is 4.58. The van der Waals surface area contributed by atoms with E-state index in [1.807, 2.05) is 11.3 Å². The Balaban J connectivity index is 1.91. The van der Waals surface area contributed by atoms with E-state index in [9.17, 15) is 0 Å². The number of nitrogens with one attached hydrogen (secondary N) is 1. The Bertz CT molecular complexity index is 540. The van der Waals surface area contributed by atoms with Crippen LogP contribution in [0.3, 0.4) is 0 Å². The number of benzene rings is 1. The Morgan fingerprint density at radius 3 is 2.81 bits per heavy atom. The Morgan fingerprint density at radius 1 is 1.29 bits per heavy atom. The summed E-state index contributed by atoms with van der Waals surface area (Å²) in [6.45, 7) is 5.04. The van der Waals surface area contributed by atoms with Crippen LogP contribution in [-0.4, -0.2) is 20.1 Å². The lowest BCUT2D eigenvalue weighted by Gasteiger charge is -2.20. The van der Waals surface area contributed by atoms with Crippen molar-refractivity contribution in [3.8, 4) is 0 Å². The van der Waals surface area contributed by atoms with Crippen LogP contribution in [0.4, 0.5) is 5.69 Å². The SMILES string of the molecule is CCCNCc1ccc(N(C)CCc2cccs2)cc1Cl. The van der Waals surface area contributed by atoms with Crippen LogP contribution in [0.25, 0.3) is 0 Å². The van der Waals surface area contributed by atoms with Gasteiger partial charge >= 0.3 is 0 Å². The summed E-state index contributed by atoms with van der Waals surface area (Å²) in [5.41, 5.74) is 2.34. The van der Waals surface area contributed by atoms with Crippen molar-refractivity contribution in [1.29, 1.82) is 0 Å². The van der Waals surface area contributed by atoms with Gasteiger partial charge in [-0.1, -0.05) is 30.7 Å². The molecule has 2 aromatic rings. The fraction of sp³-hybridized carbons (Fsp3) is 0.412. The molecule has 1 heterocycles. The van der Waals surface area contributed by atoms with Crippen LogP contribution in [0.15, 0.2) is 35.7 Å². The Hall–Kier alpha value is -1.03. The van der Waals surface area contributed by atoms with Gasteiger partial charge in [0, 0.05) is 35.7 Å². The average molecular weight is 323 g/mol. The molecule has 0 aliphatic heterocycles.